The van der Waals surface area contributed by atoms with Gasteiger partial charge in [-0.3, -0.25) is 0 Å². The van der Waals surface area contributed by atoms with Crippen molar-refractivity contribution >= 4 is 10.0 Å². The van der Waals surface area contributed by atoms with Gasteiger partial charge in [-0.2, -0.15) is 0 Å². The zero-order valence-electron chi connectivity index (χ0n) is 14.8. The van der Waals surface area contributed by atoms with E-state index in [0.29, 0.717) is 19.8 Å². The van der Waals surface area contributed by atoms with Crippen molar-refractivity contribution in [1.29, 1.82) is 0 Å². The standard InChI is InChI=1S/C18H27FN2O4S/c19-16-9-15(5-6-18(16)25-12-13-7-8-24-11-13)26(22,23)21-17(10-20)14-3-1-2-4-14/h5-6,9,13-14,17,21H,1-4,7-8,10-12,20H2. The second kappa shape index (κ2) is 8.65. The monoisotopic (exact) mass is 386 g/mol. The van der Waals surface area contributed by atoms with Crippen LogP contribution in [0.4, 0.5) is 4.39 Å². The molecule has 146 valence electrons. The molecule has 26 heavy (non-hydrogen) atoms. The fourth-order valence-electron chi connectivity index (χ4n) is 3.65. The van der Waals surface area contributed by atoms with Gasteiger partial charge in [0.15, 0.2) is 11.6 Å². The van der Waals surface area contributed by atoms with Crippen molar-refractivity contribution in [1.82, 2.24) is 4.72 Å². The molecule has 0 bridgehead atoms. The molecule has 1 saturated carbocycles. The summed E-state index contributed by atoms with van der Waals surface area (Å²) in [6.07, 6.45) is 5.01. The Kier molecular flexibility index (Phi) is 6.50. The van der Waals surface area contributed by atoms with Crippen LogP contribution in [0.2, 0.25) is 0 Å². The Labute approximate surface area is 154 Å². The Bertz CT molecular complexity index is 701. The minimum atomic E-state index is -3.82. The van der Waals surface area contributed by atoms with Gasteiger partial charge >= 0.3 is 0 Å². The van der Waals surface area contributed by atoms with Crippen molar-refractivity contribution in [3.63, 3.8) is 0 Å². The van der Waals surface area contributed by atoms with E-state index in [1.54, 1.807) is 0 Å². The average molecular weight is 386 g/mol. The second-order valence-electron chi connectivity index (χ2n) is 7.14. The van der Waals surface area contributed by atoms with Crippen molar-refractivity contribution in [2.24, 2.45) is 17.6 Å². The Morgan fingerprint density at radius 3 is 2.69 bits per heavy atom. The van der Waals surface area contributed by atoms with Gasteiger partial charge in [0.1, 0.15) is 0 Å². The molecule has 3 N–H and O–H groups in total. The van der Waals surface area contributed by atoms with Crippen LogP contribution in [0.15, 0.2) is 23.1 Å². The van der Waals surface area contributed by atoms with E-state index in [1.807, 2.05) is 0 Å². The highest BCUT2D eigenvalue weighted by Crippen LogP contribution is 2.29. The summed E-state index contributed by atoms with van der Waals surface area (Å²) >= 11 is 0. The molecule has 1 aliphatic heterocycles. The Morgan fingerprint density at radius 1 is 1.31 bits per heavy atom. The summed E-state index contributed by atoms with van der Waals surface area (Å²) in [6.45, 7) is 1.90. The minimum absolute atomic E-state index is 0.0574. The number of hydrogen-bond acceptors (Lipinski definition) is 5. The first-order valence-electron chi connectivity index (χ1n) is 9.22. The number of ether oxygens (including phenoxy) is 2. The topological polar surface area (TPSA) is 90.7 Å². The molecule has 2 aliphatic rings. The Hall–Kier alpha value is -1.22. The van der Waals surface area contributed by atoms with E-state index in [4.69, 9.17) is 15.2 Å². The van der Waals surface area contributed by atoms with Crippen LogP contribution in [-0.2, 0) is 14.8 Å². The van der Waals surface area contributed by atoms with Crippen LogP contribution in [0.25, 0.3) is 0 Å². The van der Waals surface area contributed by atoms with Crippen LogP contribution in [0.3, 0.4) is 0 Å². The molecule has 1 aliphatic carbocycles. The predicted molar refractivity (Wildman–Crippen MR) is 95.9 cm³/mol. The van der Waals surface area contributed by atoms with E-state index in [1.165, 1.54) is 12.1 Å². The van der Waals surface area contributed by atoms with Gasteiger partial charge < -0.3 is 15.2 Å². The number of nitrogens with one attached hydrogen (secondary N) is 1. The molecule has 1 heterocycles. The summed E-state index contributed by atoms with van der Waals surface area (Å²) < 4.78 is 52.9. The third-order valence-corrected chi connectivity index (χ3v) is 6.73. The number of sulfonamides is 1. The molecular weight excluding hydrogens is 359 g/mol. The molecule has 1 aromatic carbocycles. The normalized spacial score (nSPS) is 22.6. The SMILES string of the molecule is NCC(NS(=O)(=O)c1ccc(OCC2CCOC2)c(F)c1)C1CCCC1. The number of nitrogens with two attached hydrogens (primary N) is 1. The molecule has 0 spiro atoms. The van der Waals surface area contributed by atoms with Crippen LogP contribution in [0, 0.1) is 17.7 Å². The first kappa shape index (κ1) is 19.5. The lowest BCUT2D eigenvalue weighted by Gasteiger charge is -2.23. The first-order valence-corrected chi connectivity index (χ1v) is 10.7. The molecule has 0 aromatic heterocycles. The smallest absolute Gasteiger partial charge is 0.240 e. The van der Waals surface area contributed by atoms with Crippen LogP contribution < -0.4 is 15.2 Å². The first-order chi connectivity index (χ1) is 12.5. The summed E-state index contributed by atoms with van der Waals surface area (Å²) in [7, 11) is -3.82. The molecule has 3 rings (SSSR count). The van der Waals surface area contributed by atoms with Crippen LogP contribution in [-0.4, -0.2) is 40.8 Å². The number of halogens is 1. The Balaban J connectivity index is 1.65. The zero-order chi connectivity index (χ0) is 18.6. The zero-order valence-corrected chi connectivity index (χ0v) is 15.6. The van der Waals surface area contributed by atoms with Gasteiger partial charge in [-0.15, -0.1) is 0 Å². The molecular formula is C18H27FN2O4S. The summed E-state index contributed by atoms with van der Waals surface area (Å²) in [5, 5.41) is 0. The van der Waals surface area contributed by atoms with Gasteiger partial charge in [-0.1, -0.05) is 12.8 Å². The maximum Gasteiger partial charge on any atom is 0.240 e. The van der Waals surface area contributed by atoms with Gasteiger partial charge in [0, 0.05) is 25.1 Å². The lowest BCUT2D eigenvalue weighted by Crippen LogP contribution is -2.44. The Morgan fingerprint density at radius 2 is 2.08 bits per heavy atom. The fourth-order valence-corrected chi connectivity index (χ4v) is 4.98. The summed E-state index contributed by atoms with van der Waals surface area (Å²) in [5.74, 6) is -0.133. The van der Waals surface area contributed by atoms with Crippen LogP contribution in [0.5, 0.6) is 5.75 Å². The molecule has 1 saturated heterocycles. The van der Waals surface area contributed by atoms with Gasteiger partial charge in [0.25, 0.3) is 0 Å². The largest absolute Gasteiger partial charge is 0.490 e. The molecule has 6 nitrogen and oxygen atoms in total. The molecule has 0 radical (unpaired) electrons. The molecule has 2 atom stereocenters. The lowest BCUT2D eigenvalue weighted by atomic mass is 9.99. The molecule has 1 aromatic rings. The van der Waals surface area contributed by atoms with Gasteiger partial charge in [0.2, 0.25) is 10.0 Å². The van der Waals surface area contributed by atoms with Crippen LogP contribution in [0.1, 0.15) is 32.1 Å². The highest BCUT2D eigenvalue weighted by molar-refractivity contribution is 7.89. The second-order valence-corrected chi connectivity index (χ2v) is 8.85. The predicted octanol–water partition coefficient (Wildman–Crippen LogP) is 2.04. The van der Waals surface area contributed by atoms with E-state index in [0.717, 1.165) is 38.2 Å². The summed E-state index contributed by atoms with van der Waals surface area (Å²) in [4.78, 5) is -0.108. The lowest BCUT2D eigenvalue weighted by molar-refractivity contribution is 0.165. The summed E-state index contributed by atoms with van der Waals surface area (Å²) in [5.41, 5.74) is 5.76. The van der Waals surface area contributed by atoms with Crippen molar-refractivity contribution in [2.75, 3.05) is 26.4 Å². The molecule has 2 fully saturated rings. The van der Waals surface area contributed by atoms with Gasteiger partial charge in [0.05, 0.1) is 18.1 Å². The molecule has 2 unspecified atom stereocenters. The van der Waals surface area contributed by atoms with Crippen LogP contribution >= 0.6 is 0 Å². The van der Waals surface area contributed by atoms with Crippen molar-refractivity contribution in [3.05, 3.63) is 24.0 Å². The highest BCUT2D eigenvalue weighted by atomic mass is 32.2. The summed E-state index contributed by atoms with van der Waals surface area (Å²) in [6, 6.07) is 3.43. The van der Waals surface area contributed by atoms with E-state index in [9.17, 15) is 12.8 Å². The number of benzene rings is 1. The van der Waals surface area contributed by atoms with E-state index >= 15 is 0 Å². The number of hydrogen-bond donors (Lipinski definition) is 2. The fraction of sp³-hybridized carbons (Fsp3) is 0.667. The van der Waals surface area contributed by atoms with Gasteiger partial charge in [-0.05, 0) is 43.4 Å². The van der Waals surface area contributed by atoms with Gasteiger partial charge in [-0.25, -0.2) is 17.5 Å². The number of rotatable bonds is 8. The minimum Gasteiger partial charge on any atom is -0.490 e. The quantitative estimate of drug-likeness (QED) is 0.713. The highest BCUT2D eigenvalue weighted by Gasteiger charge is 2.29. The third kappa shape index (κ3) is 4.73. The molecule has 8 heteroatoms. The third-order valence-electron chi connectivity index (χ3n) is 5.24. The molecule has 0 amide bonds. The van der Waals surface area contributed by atoms with E-state index in [-0.39, 0.29) is 35.1 Å². The maximum atomic E-state index is 14.3. The maximum absolute atomic E-state index is 14.3. The van der Waals surface area contributed by atoms with Crippen molar-refractivity contribution in [3.8, 4) is 5.75 Å². The average Bonchev–Trinajstić information content (AvgIpc) is 3.32. The van der Waals surface area contributed by atoms with E-state index in [2.05, 4.69) is 4.72 Å². The van der Waals surface area contributed by atoms with Crippen molar-refractivity contribution < 1.29 is 22.3 Å². The van der Waals surface area contributed by atoms with E-state index < -0.39 is 15.8 Å². The van der Waals surface area contributed by atoms with Crippen molar-refractivity contribution in [2.45, 2.75) is 43.0 Å².